The van der Waals surface area contributed by atoms with E-state index < -0.39 is 0 Å². The van der Waals surface area contributed by atoms with E-state index in [2.05, 4.69) is 30.9 Å². The highest BCUT2D eigenvalue weighted by atomic mass is 16.1. The van der Waals surface area contributed by atoms with E-state index in [0.29, 0.717) is 24.6 Å². The lowest BCUT2D eigenvalue weighted by Gasteiger charge is -2.09. The molecule has 3 N–H and O–H groups in total. The molecule has 7 nitrogen and oxygen atoms in total. The van der Waals surface area contributed by atoms with Gasteiger partial charge in [0.05, 0.1) is 5.56 Å². The van der Waals surface area contributed by atoms with Crippen LogP contribution in [0.15, 0.2) is 30.6 Å². The Bertz CT molecular complexity index is 617. The molecule has 2 rings (SSSR count). The molecule has 0 saturated heterocycles. The Kier molecular flexibility index (Phi) is 5.65. The predicted molar refractivity (Wildman–Crippen MR) is 86.0 cm³/mol. The number of aromatic nitrogens is 3. The van der Waals surface area contributed by atoms with Crippen LogP contribution in [-0.4, -0.2) is 40.5 Å². The fraction of sp³-hybridized carbons (Fsp3) is 0.333. The van der Waals surface area contributed by atoms with E-state index in [1.54, 1.807) is 18.3 Å². The van der Waals surface area contributed by atoms with Crippen molar-refractivity contribution in [1.29, 1.82) is 0 Å². The number of carbonyl (C=O) groups is 1. The van der Waals surface area contributed by atoms with Gasteiger partial charge in [-0.1, -0.05) is 0 Å². The van der Waals surface area contributed by atoms with E-state index in [4.69, 9.17) is 0 Å². The van der Waals surface area contributed by atoms with E-state index in [1.165, 1.54) is 6.20 Å². The maximum absolute atomic E-state index is 11.8. The molecule has 0 unspecified atom stereocenters. The van der Waals surface area contributed by atoms with Crippen molar-refractivity contribution in [3.8, 4) is 0 Å². The largest absolute Gasteiger partial charge is 0.370 e. The summed E-state index contributed by atoms with van der Waals surface area (Å²) in [6, 6.07) is 5.34. The molecule has 0 aliphatic carbocycles. The Balaban J connectivity index is 1.80. The molecule has 2 aromatic rings. The maximum Gasteiger partial charge on any atom is 0.252 e. The molecule has 0 radical (unpaired) electrons. The van der Waals surface area contributed by atoms with E-state index in [1.807, 2.05) is 19.9 Å². The second-order valence-corrected chi connectivity index (χ2v) is 4.67. The molecule has 0 bridgehead atoms. The van der Waals surface area contributed by atoms with Crippen molar-refractivity contribution in [2.24, 2.45) is 0 Å². The molecule has 116 valence electrons. The summed E-state index contributed by atoms with van der Waals surface area (Å²) in [5.41, 5.74) is 1.43. The molecule has 2 aromatic heterocycles. The van der Waals surface area contributed by atoms with E-state index in [0.717, 1.165) is 18.1 Å². The van der Waals surface area contributed by atoms with Gasteiger partial charge < -0.3 is 16.0 Å². The molecular weight excluding hydrogens is 280 g/mol. The molecule has 0 fully saturated rings. The molecular formula is C15H20N6O. The second kappa shape index (κ2) is 7.92. The third-order valence-electron chi connectivity index (χ3n) is 2.83. The quantitative estimate of drug-likeness (QED) is 0.670. The first kappa shape index (κ1) is 15.7. The number of aryl methyl sites for hydroxylation is 1. The minimum absolute atomic E-state index is 0.145. The summed E-state index contributed by atoms with van der Waals surface area (Å²) in [5, 5.41) is 9.06. The molecule has 7 heteroatoms. The molecule has 1 amide bonds. The molecule has 22 heavy (non-hydrogen) atoms. The van der Waals surface area contributed by atoms with Gasteiger partial charge in [-0.3, -0.25) is 9.78 Å². The first-order valence-electron chi connectivity index (χ1n) is 7.20. The van der Waals surface area contributed by atoms with Crippen LogP contribution in [-0.2, 0) is 0 Å². The summed E-state index contributed by atoms with van der Waals surface area (Å²) in [7, 11) is 0. The van der Waals surface area contributed by atoms with Crippen LogP contribution in [0.2, 0.25) is 0 Å². The third-order valence-corrected chi connectivity index (χ3v) is 2.83. The third kappa shape index (κ3) is 4.69. The molecule has 0 aliphatic heterocycles. The van der Waals surface area contributed by atoms with Crippen LogP contribution >= 0.6 is 0 Å². The van der Waals surface area contributed by atoms with Gasteiger partial charge >= 0.3 is 0 Å². The van der Waals surface area contributed by atoms with Gasteiger partial charge in [0.25, 0.3) is 5.91 Å². The van der Waals surface area contributed by atoms with Crippen LogP contribution in [0.3, 0.4) is 0 Å². The zero-order valence-corrected chi connectivity index (χ0v) is 12.8. The highest BCUT2D eigenvalue weighted by Gasteiger charge is 2.04. The standard InChI is InChI=1S/C15H20N6O/c1-3-17-13-9-11(2)20-15(21-13)19-8-7-18-14(22)12-5-4-6-16-10-12/h4-6,9-10H,3,7-8H2,1-2H3,(H,18,22)(H2,17,19,20,21). The van der Waals surface area contributed by atoms with Crippen molar-refractivity contribution in [3.63, 3.8) is 0 Å². The van der Waals surface area contributed by atoms with Crippen molar-refractivity contribution >= 4 is 17.7 Å². The minimum Gasteiger partial charge on any atom is -0.370 e. The normalized spacial score (nSPS) is 10.1. The first-order valence-corrected chi connectivity index (χ1v) is 7.20. The summed E-state index contributed by atoms with van der Waals surface area (Å²) in [6.45, 7) is 5.75. The van der Waals surface area contributed by atoms with Gasteiger partial charge in [-0.05, 0) is 26.0 Å². The van der Waals surface area contributed by atoms with Crippen molar-refractivity contribution in [2.75, 3.05) is 30.3 Å². The molecule has 0 spiro atoms. The Morgan fingerprint density at radius 3 is 2.82 bits per heavy atom. The summed E-state index contributed by atoms with van der Waals surface area (Å²) < 4.78 is 0. The number of pyridine rings is 1. The highest BCUT2D eigenvalue weighted by molar-refractivity contribution is 5.93. The zero-order chi connectivity index (χ0) is 15.8. The van der Waals surface area contributed by atoms with Crippen LogP contribution in [0.25, 0.3) is 0 Å². The molecule has 0 atom stereocenters. The first-order chi connectivity index (χ1) is 10.7. The number of nitrogens with one attached hydrogen (secondary N) is 3. The van der Waals surface area contributed by atoms with Crippen LogP contribution < -0.4 is 16.0 Å². The maximum atomic E-state index is 11.8. The molecule has 0 aliphatic rings. The highest BCUT2D eigenvalue weighted by Crippen LogP contribution is 2.08. The lowest BCUT2D eigenvalue weighted by atomic mass is 10.3. The number of hydrogen-bond acceptors (Lipinski definition) is 6. The summed E-state index contributed by atoms with van der Waals surface area (Å²) in [5.74, 6) is 1.19. The van der Waals surface area contributed by atoms with E-state index in [9.17, 15) is 4.79 Å². The van der Waals surface area contributed by atoms with Gasteiger partial charge in [0.1, 0.15) is 5.82 Å². The number of hydrogen-bond donors (Lipinski definition) is 3. The molecule has 0 saturated carbocycles. The second-order valence-electron chi connectivity index (χ2n) is 4.67. The van der Waals surface area contributed by atoms with E-state index >= 15 is 0 Å². The average Bonchev–Trinajstić information content (AvgIpc) is 2.52. The van der Waals surface area contributed by atoms with Gasteiger partial charge in [0.2, 0.25) is 5.95 Å². The Morgan fingerprint density at radius 2 is 2.09 bits per heavy atom. The number of carbonyl (C=O) groups excluding carboxylic acids is 1. The zero-order valence-electron chi connectivity index (χ0n) is 12.8. The molecule has 0 aromatic carbocycles. The Labute approximate surface area is 129 Å². The van der Waals surface area contributed by atoms with Crippen molar-refractivity contribution in [1.82, 2.24) is 20.3 Å². The lowest BCUT2D eigenvalue weighted by Crippen LogP contribution is -2.29. The fourth-order valence-corrected chi connectivity index (χ4v) is 1.87. The monoisotopic (exact) mass is 300 g/mol. The van der Waals surface area contributed by atoms with Crippen molar-refractivity contribution in [3.05, 3.63) is 41.9 Å². The van der Waals surface area contributed by atoms with Gasteiger partial charge in [-0.25, -0.2) is 4.98 Å². The van der Waals surface area contributed by atoms with Crippen LogP contribution in [0.1, 0.15) is 23.0 Å². The fourth-order valence-electron chi connectivity index (χ4n) is 1.87. The van der Waals surface area contributed by atoms with Crippen LogP contribution in [0, 0.1) is 6.92 Å². The SMILES string of the molecule is CCNc1cc(C)nc(NCCNC(=O)c2cccnc2)n1. The Hall–Kier alpha value is -2.70. The average molecular weight is 300 g/mol. The smallest absolute Gasteiger partial charge is 0.252 e. The van der Waals surface area contributed by atoms with Gasteiger partial charge in [0.15, 0.2) is 0 Å². The molecule has 2 heterocycles. The van der Waals surface area contributed by atoms with E-state index in [-0.39, 0.29) is 5.91 Å². The predicted octanol–water partition coefficient (Wildman–Crippen LogP) is 1.45. The van der Waals surface area contributed by atoms with Gasteiger partial charge in [-0.15, -0.1) is 0 Å². The van der Waals surface area contributed by atoms with Crippen molar-refractivity contribution in [2.45, 2.75) is 13.8 Å². The number of amides is 1. The number of anilines is 2. The topological polar surface area (TPSA) is 91.8 Å². The van der Waals surface area contributed by atoms with Crippen molar-refractivity contribution < 1.29 is 4.79 Å². The minimum atomic E-state index is -0.145. The Morgan fingerprint density at radius 1 is 1.23 bits per heavy atom. The van der Waals surface area contributed by atoms with Gasteiger partial charge in [-0.2, -0.15) is 4.98 Å². The van der Waals surface area contributed by atoms with Gasteiger partial charge in [0, 0.05) is 43.8 Å². The summed E-state index contributed by atoms with van der Waals surface area (Å²) >= 11 is 0. The lowest BCUT2D eigenvalue weighted by molar-refractivity contribution is 0.0955. The summed E-state index contributed by atoms with van der Waals surface area (Å²) in [6.07, 6.45) is 3.17. The summed E-state index contributed by atoms with van der Waals surface area (Å²) in [4.78, 5) is 24.4. The van der Waals surface area contributed by atoms with Crippen LogP contribution in [0.4, 0.5) is 11.8 Å². The van der Waals surface area contributed by atoms with Crippen LogP contribution in [0.5, 0.6) is 0 Å². The number of rotatable bonds is 7. The number of nitrogens with zero attached hydrogens (tertiary/aromatic N) is 3.